The molecule has 1 aromatic carbocycles. The molecular weight excluding hydrogens is 194 g/mol. The summed E-state index contributed by atoms with van der Waals surface area (Å²) >= 11 is 0. The molecule has 88 valence electrons. The number of nitrogens with one attached hydrogen (secondary N) is 1. The van der Waals surface area contributed by atoms with E-state index in [1.165, 1.54) is 5.56 Å². The fourth-order valence-electron chi connectivity index (χ4n) is 2.44. The molecule has 2 rings (SSSR count). The third-order valence-corrected chi connectivity index (χ3v) is 3.19. The summed E-state index contributed by atoms with van der Waals surface area (Å²) < 4.78 is 16.3. The Labute approximate surface area is 102 Å². The van der Waals surface area contributed by atoms with Gasteiger partial charge >= 0.3 is 0 Å². The number of piperidine rings is 1. The summed E-state index contributed by atoms with van der Waals surface area (Å²) in [6, 6.07) is 10.9. The average Bonchev–Trinajstić information content (AvgIpc) is 2.40. The fraction of sp³-hybridized carbons (Fsp3) is 0.600. The molecule has 0 bridgehead atoms. The zero-order valence-electron chi connectivity index (χ0n) is 12.2. The Bertz CT molecular complexity index is 367. The molecule has 1 aromatic rings. The van der Waals surface area contributed by atoms with Crippen molar-refractivity contribution >= 4 is 0 Å². The summed E-state index contributed by atoms with van der Waals surface area (Å²) in [6.07, 6.45) is 0.938. The van der Waals surface area contributed by atoms with Crippen LogP contribution in [0.15, 0.2) is 30.3 Å². The second kappa shape index (κ2) is 5.49. The van der Waals surface area contributed by atoms with Crippen LogP contribution in [0.1, 0.15) is 47.4 Å². The summed E-state index contributed by atoms with van der Waals surface area (Å²) in [4.78, 5) is 0. The summed E-state index contributed by atoms with van der Waals surface area (Å²) in [5.41, 5.74) is 1.32. The van der Waals surface area contributed by atoms with Gasteiger partial charge in [0, 0.05) is 8.78 Å². The van der Waals surface area contributed by atoms with Crippen molar-refractivity contribution in [1.29, 1.82) is 0 Å². The van der Waals surface area contributed by atoms with Crippen molar-refractivity contribution in [3.63, 3.8) is 0 Å². The van der Waals surface area contributed by atoms with E-state index < -0.39 is 6.37 Å². The van der Waals surface area contributed by atoms with Gasteiger partial charge in [0.05, 0.1) is 0 Å². The van der Waals surface area contributed by atoms with Crippen LogP contribution in [-0.4, -0.2) is 6.54 Å². The first-order valence-corrected chi connectivity index (χ1v) is 6.30. The van der Waals surface area contributed by atoms with Gasteiger partial charge in [-0.25, -0.2) is 0 Å². The minimum atomic E-state index is -1.06. The van der Waals surface area contributed by atoms with Crippen LogP contribution in [0, 0.1) is 11.8 Å². The van der Waals surface area contributed by atoms with Gasteiger partial charge in [-0.2, -0.15) is 0 Å². The highest BCUT2D eigenvalue weighted by Crippen LogP contribution is 2.28. The number of benzene rings is 1. The summed E-state index contributed by atoms with van der Waals surface area (Å²) in [5, 5.41) is 3.51. The fourth-order valence-corrected chi connectivity index (χ4v) is 2.44. The second-order valence-corrected chi connectivity index (χ2v) is 4.97. The topological polar surface area (TPSA) is 12.0 Å². The molecule has 2 unspecified atom stereocenters. The third-order valence-electron chi connectivity index (χ3n) is 3.19. The average molecular weight is 219 g/mol. The zero-order chi connectivity index (χ0) is 13.2. The van der Waals surface area contributed by atoms with E-state index in [9.17, 15) is 0 Å². The van der Waals surface area contributed by atoms with Gasteiger partial charge in [-0.05, 0) is 43.2 Å². The largest absolute Gasteiger partial charge is 0.310 e. The molecule has 0 radical (unpaired) electrons. The highest BCUT2D eigenvalue weighted by atomic mass is 14.9. The van der Waals surface area contributed by atoms with Gasteiger partial charge in [-0.15, -0.1) is 0 Å². The van der Waals surface area contributed by atoms with Crippen LogP contribution < -0.4 is 5.32 Å². The minimum absolute atomic E-state index is 0.0811. The molecule has 16 heavy (non-hydrogen) atoms. The lowest BCUT2D eigenvalue weighted by Gasteiger charge is -2.31. The molecule has 1 N–H and O–H groups in total. The van der Waals surface area contributed by atoms with Crippen LogP contribution in [-0.2, 0) is 0 Å². The van der Waals surface area contributed by atoms with E-state index in [1.54, 1.807) is 0 Å². The van der Waals surface area contributed by atoms with Crippen LogP contribution in [0.25, 0.3) is 0 Å². The van der Waals surface area contributed by atoms with E-state index >= 15 is 0 Å². The van der Waals surface area contributed by atoms with Gasteiger partial charge in [0.1, 0.15) is 0 Å². The maximum atomic E-state index is 8.17. The Morgan fingerprint density at radius 3 is 2.62 bits per heavy atom. The first-order chi connectivity index (χ1) is 8.51. The predicted molar refractivity (Wildman–Crippen MR) is 69.4 cm³/mol. The molecule has 0 aliphatic carbocycles. The lowest BCUT2D eigenvalue weighted by Crippen LogP contribution is -2.33. The van der Waals surface area contributed by atoms with Crippen molar-refractivity contribution in [3.05, 3.63) is 35.9 Å². The van der Waals surface area contributed by atoms with E-state index in [4.69, 9.17) is 2.74 Å². The van der Waals surface area contributed by atoms with Gasteiger partial charge in [-0.1, -0.05) is 44.2 Å². The van der Waals surface area contributed by atoms with Crippen LogP contribution in [0.2, 0.25) is 0 Å². The normalized spacial score (nSPS) is 28.7. The Hall–Kier alpha value is -0.820. The molecule has 2 atom stereocenters. The first-order valence-electron chi connectivity index (χ1n) is 7.30. The van der Waals surface area contributed by atoms with Gasteiger partial charge in [0.2, 0.25) is 0 Å². The Morgan fingerprint density at radius 1 is 1.31 bits per heavy atom. The molecule has 0 saturated carbocycles. The molecule has 1 saturated heterocycles. The molecule has 0 aromatic heterocycles. The molecule has 1 fully saturated rings. The molecule has 0 spiro atoms. The zero-order valence-corrected chi connectivity index (χ0v) is 10.2. The van der Waals surface area contributed by atoms with Gasteiger partial charge < -0.3 is 5.32 Å². The summed E-state index contributed by atoms with van der Waals surface area (Å²) in [7, 11) is 0. The summed E-state index contributed by atoms with van der Waals surface area (Å²) in [5.74, 6) is 0.218. The molecule has 1 aliphatic rings. The Balaban J connectivity index is 1.97. The maximum absolute atomic E-state index is 8.17. The van der Waals surface area contributed by atoms with Gasteiger partial charge in [-0.3, -0.25) is 0 Å². The van der Waals surface area contributed by atoms with Crippen molar-refractivity contribution in [2.45, 2.75) is 39.1 Å². The quantitative estimate of drug-likeness (QED) is 0.816. The smallest absolute Gasteiger partial charge is 0.0320 e. The van der Waals surface area contributed by atoms with Crippen LogP contribution in [0.5, 0.6) is 0 Å². The Kier molecular flexibility index (Phi) is 3.17. The van der Waals surface area contributed by atoms with Gasteiger partial charge in [0.25, 0.3) is 0 Å². The van der Waals surface area contributed by atoms with E-state index in [0.29, 0.717) is 6.04 Å². The first kappa shape index (κ1) is 9.23. The van der Waals surface area contributed by atoms with Crippen molar-refractivity contribution in [3.8, 4) is 0 Å². The van der Waals surface area contributed by atoms with E-state index in [2.05, 4.69) is 29.6 Å². The van der Waals surface area contributed by atoms with Crippen LogP contribution in [0.3, 0.4) is 0 Å². The maximum Gasteiger partial charge on any atom is 0.0320 e. The van der Waals surface area contributed by atoms with Crippen LogP contribution in [0.4, 0.5) is 0 Å². The number of hydrogen-bond acceptors (Lipinski definition) is 1. The SMILES string of the molecule is [2H]C([2H])(C(C)C)C1CCC(c2ccccc2)NC1. The van der Waals surface area contributed by atoms with Crippen molar-refractivity contribution in [2.24, 2.45) is 11.8 Å². The molecule has 1 nitrogen and oxygen atoms in total. The predicted octanol–water partition coefficient (Wildman–Crippen LogP) is 3.77. The number of hydrogen-bond donors (Lipinski definition) is 1. The van der Waals surface area contributed by atoms with Gasteiger partial charge in [0.15, 0.2) is 0 Å². The highest BCUT2D eigenvalue weighted by molar-refractivity contribution is 5.19. The van der Waals surface area contributed by atoms with Crippen molar-refractivity contribution in [2.75, 3.05) is 6.54 Å². The molecule has 1 heterocycles. The van der Waals surface area contributed by atoms with E-state index in [1.807, 2.05) is 19.9 Å². The molecule has 1 heteroatoms. The summed E-state index contributed by atoms with van der Waals surface area (Å²) in [6.45, 7) is 4.73. The minimum Gasteiger partial charge on any atom is -0.310 e. The lowest BCUT2D eigenvalue weighted by atomic mass is 9.86. The number of rotatable bonds is 3. The second-order valence-electron chi connectivity index (χ2n) is 4.97. The van der Waals surface area contributed by atoms with Crippen molar-refractivity contribution in [1.82, 2.24) is 5.32 Å². The lowest BCUT2D eigenvalue weighted by molar-refractivity contribution is 0.277. The van der Waals surface area contributed by atoms with Crippen molar-refractivity contribution < 1.29 is 2.74 Å². The van der Waals surface area contributed by atoms with E-state index in [-0.39, 0.29) is 11.8 Å². The highest BCUT2D eigenvalue weighted by Gasteiger charge is 2.21. The standard InChI is InChI=1S/C15H23N/c1-12(2)10-13-8-9-15(16-11-13)14-6-4-3-5-7-14/h3-7,12-13,15-16H,8-11H2,1-2H3/i10D2. The van der Waals surface area contributed by atoms with Crippen LogP contribution >= 0.6 is 0 Å². The molecular formula is C15H23N. The monoisotopic (exact) mass is 219 g/mol. The third kappa shape index (κ3) is 3.08. The molecule has 1 aliphatic heterocycles. The molecule has 0 amide bonds. The van der Waals surface area contributed by atoms with E-state index in [0.717, 1.165) is 19.4 Å². The Morgan fingerprint density at radius 2 is 2.06 bits per heavy atom.